The molecule has 0 rings (SSSR count). The SMILES string of the molecule is CCS(=O)(=O)C(N)CO. The zero-order valence-corrected chi connectivity index (χ0v) is 6.06. The summed E-state index contributed by atoms with van der Waals surface area (Å²) in [4.78, 5) is 0. The Hall–Kier alpha value is -0.130. The van der Waals surface area contributed by atoms with E-state index in [0.717, 1.165) is 0 Å². The van der Waals surface area contributed by atoms with E-state index in [9.17, 15) is 8.42 Å². The van der Waals surface area contributed by atoms with Crippen LogP contribution in [0.2, 0.25) is 0 Å². The van der Waals surface area contributed by atoms with E-state index in [2.05, 4.69) is 0 Å². The van der Waals surface area contributed by atoms with Crippen LogP contribution in [0.3, 0.4) is 0 Å². The molecule has 3 N–H and O–H groups in total. The molecule has 5 heteroatoms. The summed E-state index contributed by atoms with van der Waals surface area (Å²) in [5.74, 6) is -0.0191. The molecule has 0 aliphatic rings. The normalized spacial score (nSPS) is 15.4. The van der Waals surface area contributed by atoms with E-state index in [4.69, 9.17) is 10.8 Å². The zero-order valence-electron chi connectivity index (χ0n) is 5.24. The van der Waals surface area contributed by atoms with Gasteiger partial charge in [-0.15, -0.1) is 0 Å². The second kappa shape index (κ2) is 3.14. The Balaban J connectivity index is 4.17. The summed E-state index contributed by atoms with van der Waals surface area (Å²) in [7, 11) is -3.22. The first kappa shape index (κ1) is 8.87. The van der Waals surface area contributed by atoms with Gasteiger partial charge in [0.15, 0.2) is 9.84 Å². The number of nitrogens with two attached hydrogens (primary N) is 1. The quantitative estimate of drug-likeness (QED) is 0.528. The molecule has 9 heavy (non-hydrogen) atoms. The lowest BCUT2D eigenvalue weighted by Crippen LogP contribution is -2.35. The minimum Gasteiger partial charge on any atom is -0.394 e. The summed E-state index contributed by atoms with van der Waals surface area (Å²) in [5, 5.41) is 7.19. The average Bonchev–Trinajstić information content (AvgIpc) is 1.86. The molecule has 0 aromatic carbocycles. The van der Waals surface area contributed by atoms with Crippen LogP contribution in [0.15, 0.2) is 0 Å². The molecule has 0 saturated carbocycles. The minimum absolute atomic E-state index is 0.0191. The second-order valence-electron chi connectivity index (χ2n) is 1.67. The van der Waals surface area contributed by atoms with E-state index < -0.39 is 21.8 Å². The van der Waals surface area contributed by atoms with Crippen molar-refractivity contribution in [3.63, 3.8) is 0 Å². The van der Waals surface area contributed by atoms with Crippen LogP contribution in [-0.2, 0) is 9.84 Å². The third kappa shape index (κ3) is 2.30. The molecule has 0 radical (unpaired) electrons. The molecule has 0 amide bonds. The maximum absolute atomic E-state index is 10.6. The highest BCUT2D eigenvalue weighted by molar-refractivity contribution is 7.91. The number of hydrogen-bond acceptors (Lipinski definition) is 4. The second-order valence-corrected chi connectivity index (χ2v) is 4.18. The molecule has 0 saturated heterocycles. The fraction of sp³-hybridized carbons (Fsp3) is 1.00. The zero-order chi connectivity index (χ0) is 7.49. The molecular weight excluding hydrogens is 142 g/mol. The van der Waals surface area contributed by atoms with E-state index in [-0.39, 0.29) is 5.75 Å². The van der Waals surface area contributed by atoms with Crippen LogP contribution in [0.4, 0.5) is 0 Å². The van der Waals surface area contributed by atoms with Gasteiger partial charge >= 0.3 is 0 Å². The number of rotatable bonds is 3. The van der Waals surface area contributed by atoms with E-state index in [0.29, 0.717) is 0 Å². The van der Waals surface area contributed by atoms with Crippen molar-refractivity contribution in [1.29, 1.82) is 0 Å². The molecule has 0 aliphatic heterocycles. The maximum Gasteiger partial charge on any atom is 0.167 e. The van der Waals surface area contributed by atoms with Crippen molar-refractivity contribution in [2.75, 3.05) is 12.4 Å². The average molecular weight is 153 g/mol. The van der Waals surface area contributed by atoms with Crippen molar-refractivity contribution in [3.8, 4) is 0 Å². The van der Waals surface area contributed by atoms with E-state index in [1.807, 2.05) is 0 Å². The number of sulfone groups is 1. The van der Waals surface area contributed by atoms with Crippen molar-refractivity contribution in [3.05, 3.63) is 0 Å². The number of aliphatic hydroxyl groups excluding tert-OH is 1. The summed E-state index contributed by atoms with van der Waals surface area (Å²) < 4.78 is 21.3. The van der Waals surface area contributed by atoms with Gasteiger partial charge in [-0.25, -0.2) is 8.42 Å². The summed E-state index contributed by atoms with van der Waals surface area (Å²) in [5.41, 5.74) is 5.02. The van der Waals surface area contributed by atoms with Gasteiger partial charge in [0.1, 0.15) is 5.37 Å². The van der Waals surface area contributed by atoms with Crippen LogP contribution < -0.4 is 5.73 Å². The summed E-state index contributed by atoms with van der Waals surface area (Å²) in [6.07, 6.45) is 0. The van der Waals surface area contributed by atoms with Gasteiger partial charge in [0.2, 0.25) is 0 Å². The standard InChI is InChI=1S/C4H11NO3S/c1-2-9(7,8)4(5)3-6/h4,6H,2-3,5H2,1H3. The van der Waals surface area contributed by atoms with E-state index >= 15 is 0 Å². The summed E-state index contributed by atoms with van der Waals surface area (Å²) in [6, 6.07) is 0. The maximum atomic E-state index is 10.6. The lowest BCUT2D eigenvalue weighted by molar-refractivity contribution is 0.292. The fourth-order valence-corrected chi connectivity index (χ4v) is 0.983. The highest BCUT2D eigenvalue weighted by atomic mass is 32.2. The third-order valence-corrected chi connectivity index (χ3v) is 2.92. The Kier molecular flexibility index (Phi) is 3.10. The highest BCUT2D eigenvalue weighted by Gasteiger charge is 2.16. The van der Waals surface area contributed by atoms with E-state index in [1.165, 1.54) is 6.92 Å². The molecular formula is C4H11NO3S. The molecule has 0 fully saturated rings. The topological polar surface area (TPSA) is 80.4 Å². The Morgan fingerprint density at radius 3 is 2.22 bits per heavy atom. The van der Waals surface area contributed by atoms with Gasteiger partial charge in [-0.1, -0.05) is 6.92 Å². The number of hydrogen-bond donors (Lipinski definition) is 2. The monoisotopic (exact) mass is 153 g/mol. The molecule has 1 unspecified atom stereocenters. The Morgan fingerprint density at radius 1 is 1.67 bits per heavy atom. The smallest absolute Gasteiger partial charge is 0.167 e. The lowest BCUT2D eigenvalue weighted by Gasteiger charge is -2.05. The first-order valence-electron chi connectivity index (χ1n) is 2.62. The molecule has 0 aromatic heterocycles. The molecule has 0 spiro atoms. The summed E-state index contributed by atoms with van der Waals surface area (Å²) >= 11 is 0. The van der Waals surface area contributed by atoms with Crippen LogP contribution >= 0.6 is 0 Å². The Morgan fingerprint density at radius 2 is 2.11 bits per heavy atom. The largest absolute Gasteiger partial charge is 0.394 e. The van der Waals surface area contributed by atoms with E-state index in [1.54, 1.807) is 0 Å². The van der Waals surface area contributed by atoms with Crippen molar-refractivity contribution >= 4 is 9.84 Å². The van der Waals surface area contributed by atoms with Gasteiger partial charge in [-0.3, -0.25) is 0 Å². The van der Waals surface area contributed by atoms with Gasteiger partial charge in [0.25, 0.3) is 0 Å². The van der Waals surface area contributed by atoms with Crippen LogP contribution in [-0.4, -0.2) is 31.3 Å². The summed E-state index contributed by atoms with van der Waals surface area (Å²) in [6.45, 7) is 0.987. The van der Waals surface area contributed by atoms with Gasteiger partial charge in [-0.2, -0.15) is 0 Å². The van der Waals surface area contributed by atoms with Gasteiger partial charge in [0, 0.05) is 5.75 Å². The third-order valence-electron chi connectivity index (χ3n) is 1.04. The van der Waals surface area contributed by atoms with Crippen LogP contribution in [0, 0.1) is 0 Å². The lowest BCUT2D eigenvalue weighted by atomic mass is 10.7. The van der Waals surface area contributed by atoms with Crippen molar-refractivity contribution in [1.82, 2.24) is 0 Å². The van der Waals surface area contributed by atoms with Crippen LogP contribution in [0.25, 0.3) is 0 Å². The predicted octanol–water partition coefficient (Wildman–Crippen LogP) is -1.30. The van der Waals surface area contributed by atoms with Crippen molar-refractivity contribution < 1.29 is 13.5 Å². The van der Waals surface area contributed by atoms with Gasteiger partial charge in [-0.05, 0) is 0 Å². The fourth-order valence-electron chi connectivity index (χ4n) is 0.328. The molecule has 0 aliphatic carbocycles. The van der Waals surface area contributed by atoms with Crippen molar-refractivity contribution in [2.24, 2.45) is 5.73 Å². The first-order chi connectivity index (χ1) is 4.04. The van der Waals surface area contributed by atoms with Gasteiger partial charge in [0.05, 0.1) is 6.61 Å². The molecule has 1 atom stereocenters. The molecule has 0 bridgehead atoms. The van der Waals surface area contributed by atoms with Gasteiger partial charge < -0.3 is 10.8 Å². The predicted molar refractivity (Wildman–Crippen MR) is 34.5 cm³/mol. The number of aliphatic hydroxyl groups is 1. The molecule has 56 valence electrons. The minimum atomic E-state index is -3.22. The first-order valence-corrected chi connectivity index (χ1v) is 4.34. The van der Waals surface area contributed by atoms with Crippen molar-refractivity contribution in [2.45, 2.75) is 12.3 Å². The molecule has 4 nitrogen and oxygen atoms in total. The van der Waals surface area contributed by atoms with Crippen LogP contribution in [0.5, 0.6) is 0 Å². The molecule has 0 heterocycles. The molecule has 0 aromatic rings. The highest BCUT2D eigenvalue weighted by Crippen LogP contribution is 1.93. The van der Waals surface area contributed by atoms with Crippen LogP contribution in [0.1, 0.15) is 6.92 Å². The Bertz CT molecular complexity index is 163. The Labute approximate surface area is 54.6 Å².